The van der Waals surface area contributed by atoms with Crippen molar-refractivity contribution in [3.05, 3.63) is 56.8 Å². The average molecular weight is 573 g/mol. The first-order valence-corrected chi connectivity index (χ1v) is 14.0. The molecule has 4 rings (SSSR count). The molecule has 0 radical (unpaired) electrons. The van der Waals surface area contributed by atoms with Crippen LogP contribution in [0.1, 0.15) is 19.8 Å². The van der Waals surface area contributed by atoms with E-state index in [0.717, 1.165) is 14.7 Å². The highest BCUT2D eigenvalue weighted by atomic mass is 79.9. The lowest BCUT2D eigenvalue weighted by atomic mass is 10.2. The Kier molecular flexibility index (Phi) is 7.72. The second kappa shape index (κ2) is 10.4. The van der Waals surface area contributed by atoms with Gasteiger partial charge in [-0.1, -0.05) is 38.9 Å². The van der Waals surface area contributed by atoms with E-state index in [-0.39, 0.29) is 11.4 Å². The smallest absolute Gasteiger partial charge is 0.266 e. The van der Waals surface area contributed by atoms with Gasteiger partial charge in [0.15, 0.2) is 4.80 Å². The molecule has 2 heterocycles. The molecule has 11 heteroatoms. The summed E-state index contributed by atoms with van der Waals surface area (Å²) >= 11 is 10.8. The number of carbonyl (C=O) groups is 1. The molecule has 0 spiro atoms. The van der Waals surface area contributed by atoms with E-state index < -0.39 is 22.0 Å². The summed E-state index contributed by atoms with van der Waals surface area (Å²) in [5, 5.41) is 0.450. The highest BCUT2D eigenvalue weighted by Gasteiger charge is 2.39. The maximum absolute atomic E-state index is 13.2. The second-order valence-corrected chi connectivity index (χ2v) is 11.8. The molecule has 1 amide bonds. The van der Waals surface area contributed by atoms with Crippen LogP contribution in [0, 0.1) is 0 Å². The number of nitrogens with zero attached hydrogens (tertiary/aromatic N) is 3. The minimum absolute atomic E-state index is 0.116. The summed E-state index contributed by atoms with van der Waals surface area (Å²) in [6, 6.07) is 11.0. The highest BCUT2D eigenvalue weighted by Crippen LogP contribution is 2.28. The summed E-state index contributed by atoms with van der Waals surface area (Å²) in [6.07, 6.45) is 1.03. The van der Waals surface area contributed by atoms with Crippen molar-refractivity contribution in [2.24, 2.45) is 4.99 Å². The van der Waals surface area contributed by atoms with Crippen molar-refractivity contribution in [3.8, 4) is 0 Å². The van der Waals surface area contributed by atoms with E-state index in [1.807, 2.05) is 29.7 Å². The topological polar surface area (TPSA) is 81.0 Å². The van der Waals surface area contributed by atoms with Gasteiger partial charge in [-0.25, -0.2) is 8.42 Å². The Morgan fingerprint density at radius 3 is 2.76 bits per heavy atom. The molecule has 1 saturated heterocycles. The highest BCUT2D eigenvalue weighted by molar-refractivity contribution is 9.10. The predicted molar refractivity (Wildman–Crippen MR) is 133 cm³/mol. The molecular weight excluding hydrogens is 550 g/mol. The third-order valence-corrected chi connectivity index (χ3v) is 9.13. The standard InChI is InChI=1S/C22H23BrClN3O4S2/c1-2-31-13-12-26-18-10-5-15(23)14-20(18)32-22(26)25-21(28)19-4-3-11-27(19)33(29,30)17-8-6-16(24)7-9-17/h5-10,14,19H,2-4,11-13H2,1H3. The number of hydrogen-bond donors (Lipinski definition) is 0. The van der Waals surface area contributed by atoms with Crippen LogP contribution >= 0.6 is 38.9 Å². The Hall–Kier alpha value is -1.56. The fourth-order valence-electron chi connectivity index (χ4n) is 3.83. The molecular formula is C22H23BrClN3O4S2. The third kappa shape index (κ3) is 5.26. The van der Waals surface area contributed by atoms with Gasteiger partial charge in [-0.3, -0.25) is 4.79 Å². The Morgan fingerprint density at radius 1 is 1.27 bits per heavy atom. The zero-order valence-electron chi connectivity index (χ0n) is 17.9. The number of rotatable bonds is 7. The van der Waals surface area contributed by atoms with Gasteiger partial charge < -0.3 is 9.30 Å². The third-order valence-electron chi connectivity index (χ3n) is 5.42. The molecule has 176 valence electrons. The maximum Gasteiger partial charge on any atom is 0.266 e. The monoisotopic (exact) mass is 571 g/mol. The van der Waals surface area contributed by atoms with Gasteiger partial charge in [-0.05, 0) is 62.2 Å². The number of hydrogen-bond acceptors (Lipinski definition) is 5. The Bertz CT molecular complexity index is 1340. The molecule has 1 unspecified atom stereocenters. The molecule has 0 bridgehead atoms. The minimum Gasteiger partial charge on any atom is -0.380 e. The van der Waals surface area contributed by atoms with E-state index in [9.17, 15) is 13.2 Å². The number of ether oxygens (including phenoxy) is 1. The fourth-order valence-corrected chi connectivity index (χ4v) is 7.22. The number of benzene rings is 2. The summed E-state index contributed by atoms with van der Waals surface area (Å²) in [5.74, 6) is -0.458. The van der Waals surface area contributed by atoms with E-state index in [4.69, 9.17) is 16.3 Å². The fraction of sp³-hybridized carbons (Fsp3) is 0.364. The molecule has 0 saturated carbocycles. The van der Waals surface area contributed by atoms with Crippen LogP contribution in [-0.4, -0.2) is 49.0 Å². The largest absolute Gasteiger partial charge is 0.380 e. The summed E-state index contributed by atoms with van der Waals surface area (Å²) in [6.45, 7) is 3.83. The van der Waals surface area contributed by atoms with E-state index in [0.29, 0.717) is 42.4 Å². The molecule has 1 fully saturated rings. The summed E-state index contributed by atoms with van der Waals surface area (Å²) < 4.78 is 37.0. The van der Waals surface area contributed by atoms with Gasteiger partial charge >= 0.3 is 0 Å². The second-order valence-electron chi connectivity index (χ2n) is 7.52. The molecule has 1 atom stereocenters. The molecule has 0 N–H and O–H groups in total. The van der Waals surface area contributed by atoms with Gasteiger partial charge in [0, 0.05) is 29.2 Å². The van der Waals surface area contributed by atoms with E-state index >= 15 is 0 Å². The van der Waals surface area contributed by atoms with Crippen LogP contribution in [-0.2, 0) is 26.1 Å². The SMILES string of the molecule is CCOCCn1c(=NC(=O)C2CCCN2S(=O)(=O)c2ccc(Cl)cc2)sc2cc(Br)ccc21. The summed E-state index contributed by atoms with van der Waals surface area (Å²) in [4.78, 5) is 18.3. The Labute approximate surface area is 209 Å². The van der Waals surface area contributed by atoms with Gasteiger partial charge in [-0.2, -0.15) is 9.30 Å². The van der Waals surface area contributed by atoms with Crippen LogP contribution in [0.25, 0.3) is 10.2 Å². The van der Waals surface area contributed by atoms with Crippen molar-refractivity contribution < 1.29 is 17.9 Å². The number of halogens is 2. The van der Waals surface area contributed by atoms with Gasteiger partial charge in [0.1, 0.15) is 6.04 Å². The van der Waals surface area contributed by atoms with Crippen molar-refractivity contribution >= 4 is 65.0 Å². The normalized spacial score (nSPS) is 17.8. The number of thiazole rings is 1. The van der Waals surface area contributed by atoms with Gasteiger partial charge in [0.05, 0.1) is 21.7 Å². The molecule has 2 aromatic carbocycles. The Morgan fingerprint density at radius 2 is 2.03 bits per heavy atom. The lowest BCUT2D eigenvalue weighted by Gasteiger charge is -2.21. The lowest BCUT2D eigenvalue weighted by molar-refractivity contribution is -0.121. The Balaban J connectivity index is 1.69. The first-order valence-electron chi connectivity index (χ1n) is 10.5. The van der Waals surface area contributed by atoms with Crippen LogP contribution in [0.2, 0.25) is 5.02 Å². The minimum atomic E-state index is -3.84. The van der Waals surface area contributed by atoms with E-state index in [2.05, 4.69) is 20.9 Å². The number of sulfonamides is 1. The van der Waals surface area contributed by atoms with Crippen LogP contribution < -0.4 is 4.80 Å². The molecule has 0 aliphatic carbocycles. The zero-order valence-corrected chi connectivity index (χ0v) is 21.9. The van der Waals surface area contributed by atoms with Gasteiger partial charge in [-0.15, -0.1) is 0 Å². The molecule has 1 aromatic heterocycles. The molecule has 1 aliphatic heterocycles. The van der Waals surface area contributed by atoms with Gasteiger partial charge in [0.25, 0.3) is 5.91 Å². The predicted octanol–water partition coefficient (Wildman–Crippen LogP) is 4.44. The molecule has 3 aromatic rings. The van der Waals surface area contributed by atoms with Crippen LogP contribution in [0.4, 0.5) is 0 Å². The lowest BCUT2D eigenvalue weighted by Crippen LogP contribution is -2.40. The van der Waals surface area contributed by atoms with Crippen molar-refractivity contribution in [1.29, 1.82) is 0 Å². The van der Waals surface area contributed by atoms with Gasteiger partial charge in [0.2, 0.25) is 10.0 Å². The first kappa shape index (κ1) is 24.6. The van der Waals surface area contributed by atoms with Crippen molar-refractivity contribution in [3.63, 3.8) is 0 Å². The summed E-state index contributed by atoms with van der Waals surface area (Å²) in [7, 11) is -3.84. The maximum atomic E-state index is 13.2. The quantitative estimate of drug-likeness (QED) is 0.392. The number of aromatic nitrogens is 1. The molecule has 33 heavy (non-hydrogen) atoms. The van der Waals surface area contributed by atoms with E-state index in [1.54, 1.807) is 0 Å². The van der Waals surface area contributed by atoms with Crippen molar-refractivity contribution in [1.82, 2.24) is 8.87 Å². The van der Waals surface area contributed by atoms with Crippen molar-refractivity contribution in [2.75, 3.05) is 19.8 Å². The molecule has 7 nitrogen and oxygen atoms in total. The van der Waals surface area contributed by atoms with E-state index in [1.165, 1.54) is 39.9 Å². The number of amides is 1. The van der Waals surface area contributed by atoms with Crippen molar-refractivity contribution in [2.45, 2.75) is 37.2 Å². The average Bonchev–Trinajstić information content (AvgIpc) is 3.40. The first-order chi connectivity index (χ1) is 15.8. The van der Waals surface area contributed by atoms with Crippen LogP contribution in [0.5, 0.6) is 0 Å². The molecule has 1 aliphatic rings. The van der Waals surface area contributed by atoms with Crippen LogP contribution in [0.3, 0.4) is 0 Å². The number of fused-ring (bicyclic) bond motifs is 1. The van der Waals surface area contributed by atoms with Crippen LogP contribution in [0.15, 0.2) is 56.8 Å². The number of carbonyl (C=O) groups excluding carboxylic acids is 1. The zero-order chi connectivity index (χ0) is 23.6. The summed E-state index contributed by atoms with van der Waals surface area (Å²) in [5.41, 5.74) is 0.950.